The predicted molar refractivity (Wildman–Crippen MR) is 96.7 cm³/mol. The maximum atomic E-state index is 13.6. The van der Waals surface area contributed by atoms with Crippen LogP contribution in [0.5, 0.6) is 0 Å². The van der Waals surface area contributed by atoms with Crippen molar-refractivity contribution in [3.63, 3.8) is 0 Å². The molecule has 0 spiro atoms. The van der Waals surface area contributed by atoms with Crippen LogP contribution >= 0.6 is 0 Å². The molecule has 0 heterocycles. The molecule has 0 atom stereocenters. The van der Waals surface area contributed by atoms with Crippen LogP contribution in [0.2, 0.25) is 0 Å². The van der Waals surface area contributed by atoms with Crippen molar-refractivity contribution in [3.8, 4) is 11.8 Å². The van der Waals surface area contributed by atoms with Crippen LogP contribution in [-0.2, 0) is 11.3 Å². The van der Waals surface area contributed by atoms with E-state index in [1.54, 1.807) is 0 Å². The van der Waals surface area contributed by atoms with Gasteiger partial charge in [0.2, 0.25) is 5.82 Å². The van der Waals surface area contributed by atoms with E-state index in [4.69, 9.17) is 10.5 Å². The Kier molecular flexibility index (Phi) is 5.19. The van der Waals surface area contributed by atoms with E-state index in [0.29, 0.717) is 13.2 Å². The number of rotatable bonds is 5. The molecule has 1 aliphatic carbocycles. The predicted octanol–water partition coefficient (Wildman–Crippen LogP) is 4.05. The lowest BCUT2D eigenvalue weighted by Gasteiger charge is -2.36. The first-order chi connectivity index (χ1) is 12.5. The molecule has 0 bridgehead atoms. The third-order valence-electron chi connectivity index (χ3n) is 4.58. The van der Waals surface area contributed by atoms with Gasteiger partial charge in [-0.05, 0) is 18.4 Å². The van der Waals surface area contributed by atoms with E-state index in [9.17, 15) is 14.5 Å². The molecule has 0 unspecified atom stereocenters. The molecule has 1 fully saturated rings. The molecular weight excluding hydrogens is 335 g/mol. The van der Waals surface area contributed by atoms with Gasteiger partial charge in [0.1, 0.15) is 0 Å². The zero-order valence-electron chi connectivity index (χ0n) is 14.2. The third-order valence-corrected chi connectivity index (χ3v) is 4.58. The number of anilines is 1. The van der Waals surface area contributed by atoms with E-state index in [0.717, 1.165) is 37.0 Å². The lowest BCUT2D eigenvalue weighted by atomic mass is 9.70. The molecule has 1 aliphatic rings. The number of nitrogens with two attached hydrogens (primary N) is 1. The number of hydrogen-bond donors (Lipinski definition) is 1. The summed E-state index contributed by atoms with van der Waals surface area (Å²) >= 11 is 0. The zero-order valence-corrected chi connectivity index (χ0v) is 14.2. The van der Waals surface area contributed by atoms with Gasteiger partial charge in [-0.15, -0.1) is 0 Å². The molecule has 1 saturated carbocycles. The van der Waals surface area contributed by atoms with Gasteiger partial charge in [0.05, 0.1) is 34.8 Å². The Labute approximate surface area is 151 Å². The van der Waals surface area contributed by atoms with E-state index >= 15 is 0 Å². The summed E-state index contributed by atoms with van der Waals surface area (Å²) in [6.07, 6.45) is 2.86. The van der Waals surface area contributed by atoms with Crippen LogP contribution < -0.4 is 5.73 Å². The van der Waals surface area contributed by atoms with Gasteiger partial charge in [-0.3, -0.25) is 10.1 Å². The molecule has 6 heteroatoms. The van der Waals surface area contributed by atoms with E-state index in [-0.39, 0.29) is 16.7 Å². The molecule has 2 aromatic rings. The maximum Gasteiger partial charge on any atom is 0.306 e. The first-order valence-electron chi connectivity index (χ1n) is 8.37. The van der Waals surface area contributed by atoms with Gasteiger partial charge in [0.15, 0.2) is 0 Å². The van der Waals surface area contributed by atoms with Crippen LogP contribution in [0.1, 0.15) is 30.4 Å². The second kappa shape index (κ2) is 7.54. The van der Waals surface area contributed by atoms with Gasteiger partial charge < -0.3 is 10.5 Å². The summed E-state index contributed by atoms with van der Waals surface area (Å²) in [6, 6.07) is 11.9. The number of nitro groups is 1. The van der Waals surface area contributed by atoms with Gasteiger partial charge in [0, 0.05) is 12.1 Å². The first-order valence-corrected chi connectivity index (χ1v) is 8.37. The number of nitrogen functional groups attached to an aromatic ring is 1. The van der Waals surface area contributed by atoms with Crippen LogP contribution in [0.4, 0.5) is 15.8 Å². The summed E-state index contributed by atoms with van der Waals surface area (Å²) in [5, 5.41) is 10.9. The minimum atomic E-state index is -0.956. The number of benzene rings is 2. The molecule has 134 valence electrons. The monoisotopic (exact) mass is 354 g/mol. The van der Waals surface area contributed by atoms with Crippen LogP contribution in [0.25, 0.3) is 0 Å². The van der Waals surface area contributed by atoms with Crippen LogP contribution in [0, 0.1) is 33.2 Å². The maximum absolute atomic E-state index is 13.6. The Morgan fingerprint density at radius 2 is 2.00 bits per heavy atom. The standard InChI is InChI=1S/C20H19FN2O3/c21-17-12-18(22)16(11-19(17)23(24)25)7-10-20(8-4-9-20)14-26-13-15-5-2-1-3-6-15/h1-3,5-6,11-12H,4,8-9,13-14,22H2. The van der Waals surface area contributed by atoms with Gasteiger partial charge >= 0.3 is 5.69 Å². The lowest BCUT2D eigenvalue weighted by molar-refractivity contribution is -0.387. The molecular formula is C20H19FN2O3. The molecule has 3 rings (SSSR count). The minimum absolute atomic E-state index is 0.0975. The normalized spacial score (nSPS) is 14.8. The number of ether oxygens (including phenoxy) is 1. The van der Waals surface area contributed by atoms with Gasteiger partial charge in [0.25, 0.3) is 0 Å². The summed E-state index contributed by atoms with van der Waals surface area (Å²) in [5.74, 6) is 5.11. The van der Waals surface area contributed by atoms with Crippen molar-refractivity contribution in [3.05, 3.63) is 69.5 Å². The second-order valence-corrected chi connectivity index (χ2v) is 6.51. The van der Waals surface area contributed by atoms with E-state index < -0.39 is 16.4 Å². The minimum Gasteiger partial charge on any atom is -0.398 e. The Morgan fingerprint density at radius 1 is 1.27 bits per heavy atom. The molecule has 5 nitrogen and oxygen atoms in total. The lowest BCUT2D eigenvalue weighted by Crippen LogP contribution is -2.32. The fraction of sp³-hybridized carbons (Fsp3) is 0.300. The summed E-state index contributed by atoms with van der Waals surface area (Å²) in [6.45, 7) is 0.993. The first kappa shape index (κ1) is 17.9. The van der Waals surface area contributed by atoms with Crippen molar-refractivity contribution in [2.75, 3.05) is 12.3 Å². The van der Waals surface area contributed by atoms with Crippen molar-refractivity contribution in [2.45, 2.75) is 25.9 Å². The van der Waals surface area contributed by atoms with Crippen LogP contribution in [0.3, 0.4) is 0 Å². The largest absolute Gasteiger partial charge is 0.398 e. The van der Waals surface area contributed by atoms with Gasteiger partial charge in [-0.1, -0.05) is 48.6 Å². The zero-order chi connectivity index (χ0) is 18.6. The highest BCUT2D eigenvalue weighted by atomic mass is 19.1. The van der Waals surface area contributed by atoms with Gasteiger partial charge in [-0.25, -0.2) is 0 Å². The summed E-state index contributed by atoms with van der Waals surface area (Å²) in [4.78, 5) is 10.1. The van der Waals surface area contributed by atoms with E-state index in [1.165, 1.54) is 0 Å². The number of nitro benzene ring substituents is 1. The SMILES string of the molecule is Nc1cc(F)c([N+](=O)[O-])cc1C#CC1(COCc2ccccc2)CCC1. The Bertz CT molecular complexity index is 868. The van der Waals surface area contributed by atoms with Gasteiger partial charge in [-0.2, -0.15) is 4.39 Å². The Morgan fingerprint density at radius 3 is 2.62 bits per heavy atom. The second-order valence-electron chi connectivity index (χ2n) is 6.51. The van der Waals surface area contributed by atoms with Crippen molar-refractivity contribution >= 4 is 11.4 Å². The molecule has 0 aromatic heterocycles. The van der Waals surface area contributed by atoms with Crippen molar-refractivity contribution < 1.29 is 14.1 Å². The number of halogens is 1. The highest BCUT2D eigenvalue weighted by Crippen LogP contribution is 2.41. The number of hydrogen-bond acceptors (Lipinski definition) is 4. The Balaban J connectivity index is 1.72. The van der Waals surface area contributed by atoms with Crippen molar-refractivity contribution in [1.29, 1.82) is 0 Å². The van der Waals surface area contributed by atoms with Crippen molar-refractivity contribution in [1.82, 2.24) is 0 Å². The molecule has 2 N–H and O–H groups in total. The topological polar surface area (TPSA) is 78.4 Å². The van der Waals surface area contributed by atoms with Crippen LogP contribution in [0.15, 0.2) is 42.5 Å². The molecule has 0 radical (unpaired) electrons. The fourth-order valence-electron chi connectivity index (χ4n) is 2.87. The average molecular weight is 354 g/mol. The van der Waals surface area contributed by atoms with E-state index in [1.807, 2.05) is 30.3 Å². The quantitative estimate of drug-likeness (QED) is 0.380. The average Bonchev–Trinajstić information content (AvgIpc) is 2.58. The molecule has 26 heavy (non-hydrogen) atoms. The Hall–Kier alpha value is -2.91. The summed E-state index contributed by atoms with van der Waals surface area (Å²) in [7, 11) is 0. The fourth-order valence-corrected chi connectivity index (χ4v) is 2.87. The molecule has 2 aromatic carbocycles. The van der Waals surface area contributed by atoms with E-state index in [2.05, 4.69) is 11.8 Å². The molecule has 0 aliphatic heterocycles. The number of nitrogens with zero attached hydrogens (tertiary/aromatic N) is 1. The highest BCUT2D eigenvalue weighted by molar-refractivity contribution is 5.61. The van der Waals surface area contributed by atoms with Crippen molar-refractivity contribution in [2.24, 2.45) is 5.41 Å². The third kappa shape index (κ3) is 4.01. The highest BCUT2D eigenvalue weighted by Gasteiger charge is 2.35. The molecule has 0 saturated heterocycles. The van der Waals surface area contributed by atoms with Crippen LogP contribution in [-0.4, -0.2) is 11.5 Å². The molecule has 0 amide bonds. The smallest absolute Gasteiger partial charge is 0.306 e. The summed E-state index contributed by atoms with van der Waals surface area (Å²) in [5.41, 5.74) is 6.33. The summed E-state index contributed by atoms with van der Waals surface area (Å²) < 4.78 is 19.4.